The Morgan fingerprint density at radius 3 is 2.45 bits per heavy atom. The highest BCUT2D eigenvalue weighted by Gasteiger charge is 2.41. The lowest BCUT2D eigenvalue weighted by Gasteiger charge is -2.42. The minimum Gasteiger partial charge on any atom is -0.497 e. The van der Waals surface area contributed by atoms with E-state index in [1.807, 2.05) is 10.9 Å². The van der Waals surface area contributed by atoms with Crippen LogP contribution >= 0.6 is 0 Å². The van der Waals surface area contributed by atoms with Gasteiger partial charge in [-0.3, -0.25) is 0 Å². The topological polar surface area (TPSA) is 67.7 Å². The molecule has 2 saturated heterocycles. The van der Waals surface area contributed by atoms with Crippen molar-refractivity contribution in [3.05, 3.63) is 77.4 Å². The summed E-state index contributed by atoms with van der Waals surface area (Å²) in [6.45, 7) is 3.89. The molecule has 0 bridgehead atoms. The van der Waals surface area contributed by atoms with Crippen LogP contribution in [0.1, 0.15) is 42.9 Å². The van der Waals surface area contributed by atoms with Crippen LogP contribution in [0.2, 0.25) is 0 Å². The second-order valence-corrected chi connectivity index (χ2v) is 12.4. The molecule has 2 fully saturated rings. The van der Waals surface area contributed by atoms with Gasteiger partial charge in [-0.05, 0) is 87.0 Å². The van der Waals surface area contributed by atoms with E-state index in [0.29, 0.717) is 30.2 Å². The lowest BCUT2D eigenvalue weighted by atomic mass is 9.74. The number of rotatable bonds is 6. The standard InChI is InChI=1S/C29H33FN4O3S/c1-37-24-9-11-25(12-10-24)38(35,36)33-16-13-21-17-29-26(18-31-34(29)23-7-5-22(30)6-8-23)28(27(21)20-33)19-32-14-3-2-4-15-32/h5-12,17-18,27-28H,2-4,13-16,19-20H2,1H3/t27?,28-/m1/s1. The summed E-state index contributed by atoms with van der Waals surface area (Å²) in [4.78, 5) is 2.81. The van der Waals surface area contributed by atoms with E-state index in [0.717, 1.165) is 36.6 Å². The van der Waals surface area contributed by atoms with Crippen molar-refractivity contribution in [1.29, 1.82) is 0 Å². The minimum atomic E-state index is -3.63. The number of methoxy groups -OCH3 is 1. The van der Waals surface area contributed by atoms with E-state index in [4.69, 9.17) is 9.84 Å². The molecule has 7 nitrogen and oxygen atoms in total. The summed E-state index contributed by atoms with van der Waals surface area (Å²) in [7, 11) is -2.06. The van der Waals surface area contributed by atoms with Gasteiger partial charge in [-0.1, -0.05) is 12.0 Å². The maximum atomic E-state index is 13.6. The van der Waals surface area contributed by atoms with Gasteiger partial charge in [0, 0.05) is 37.0 Å². The Morgan fingerprint density at radius 1 is 1.00 bits per heavy atom. The van der Waals surface area contributed by atoms with Gasteiger partial charge in [-0.2, -0.15) is 9.40 Å². The number of nitrogens with zero attached hydrogens (tertiary/aromatic N) is 4. The van der Waals surface area contributed by atoms with Gasteiger partial charge in [0.25, 0.3) is 0 Å². The third-order valence-electron chi connectivity index (χ3n) is 8.24. The van der Waals surface area contributed by atoms with Crippen molar-refractivity contribution in [2.24, 2.45) is 5.92 Å². The van der Waals surface area contributed by atoms with Crippen LogP contribution in [0.25, 0.3) is 11.8 Å². The SMILES string of the molecule is COc1ccc(S(=O)(=O)N2CCC3=Cc4c(cnn4-c4ccc(F)cc4)[C@@H](CN4CCCCC4)C3C2)cc1. The van der Waals surface area contributed by atoms with E-state index in [1.54, 1.807) is 47.8 Å². The first-order chi connectivity index (χ1) is 18.4. The first-order valence-corrected chi connectivity index (χ1v) is 14.8. The first kappa shape index (κ1) is 25.3. The predicted molar refractivity (Wildman–Crippen MR) is 144 cm³/mol. The van der Waals surface area contributed by atoms with E-state index in [-0.39, 0.29) is 17.7 Å². The molecule has 9 heteroatoms. The fourth-order valence-electron chi connectivity index (χ4n) is 6.17. The summed E-state index contributed by atoms with van der Waals surface area (Å²) in [5.41, 5.74) is 4.25. The third kappa shape index (κ3) is 4.67. The van der Waals surface area contributed by atoms with Crippen molar-refractivity contribution in [3.8, 4) is 11.4 Å². The monoisotopic (exact) mass is 536 g/mol. The molecule has 0 N–H and O–H groups in total. The van der Waals surface area contributed by atoms with Gasteiger partial charge in [-0.15, -0.1) is 0 Å². The van der Waals surface area contributed by atoms with E-state index < -0.39 is 10.0 Å². The molecule has 2 aromatic carbocycles. The molecule has 3 heterocycles. The molecular formula is C29H33FN4O3S. The van der Waals surface area contributed by atoms with Crippen LogP contribution in [0.5, 0.6) is 5.75 Å². The molecule has 1 unspecified atom stereocenters. The number of halogens is 1. The number of benzene rings is 2. The number of piperidine rings is 2. The van der Waals surface area contributed by atoms with Gasteiger partial charge in [0.2, 0.25) is 10.0 Å². The second kappa shape index (κ2) is 10.3. The predicted octanol–water partition coefficient (Wildman–Crippen LogP) is 4.70. The summed E-state index contributed by atoms with van der Waals surface area (Å²) in [6, 6.07) is 13.0. The molecule has 6 rings (SSSR count). The number of hydrogen-bond acceptors (Lipinski definition) is 5. The van der Waals surface area contributed by atoms with Crippen molar-refractivity contribution in [3.63, 3.8) is 0 Å². The molecule has 0 radical (unpaired) electrons. The summed E-state index contributed by atoms with van der Waals surface area (Å²) in [5.74, 6) is 0.567. The van der Waals surface area contributed by atoms with Crippen molar-refractivity contribution < 1.29 is 17.5 Å². The van der Waals surface area contributed by atoms with Crippen molar-refractivity contribution in [2.75, 3.05) is 39.8 Å². The van der Waals surface area contributed by atoms with Crippen LogP contribution in [0.15, 0.2) is 65.2 Å². The van der Waals surface area contributed by atoms with Crippen LogP contribution in [0, 0.1) is 11.7 Å². The average Bonchev–Trinajstić information content (AvgIpc) is 3.37. The van der Waals surface area contributed by atoms with Gasteiger partial charge in [0.15, 0.2) is 0 Å². The Hall–Kier alpha value is -3.01. The number of fused-ring (bicyclic) bond motifs is 2. The summed E-state index contributed by atoms with van der Waals surface area (Å²) >= 11 is 0. The highest BCUT2D eigenvalue weighted by atomic mass is 32.2. The van der Waals surface area contributed by atoms with Gasteiger partial charge >= 0.3 is 0 Å². The Labute approximate surface area is 223 Å². The molecule has 2 atom stereocenters. The van der Waals surface area contributed by atoms with Gasteiger partial charge in [0.1, 0.15) is 11.6 Å². The molecule has 0 saturated carbocycles. The van der Waals surface area contributed by atoms with Crippen molar-refractivity contribution in [1.82, 2.24) is 19.0 Å². The van der Waals surface area contributed by atoms with Gasteiger partial charge < -0.3 is 9.64 Å². The molecule has 3 aliphatic rings. The molecule has 3 aromatic rings. The zero-order valence-corrected chi connectivity index (χ0v) is 22.4. The van der Waals surface area contributed by atoms with Crippen LogP contribution in [-0.4, -0.2) is 67.2 Å². The molecule has 1 aliphatic carbocycles. The largest absolute Gasteiger partial charge is 0.497 e. The molecule has 1 aromatic heterocycles. The number of aromatic nitrogens is 2. The van der Waals surface area contributed by atoms with Crippen LogP contribution < -0.4 is 4.74 Å². The maximum Gasteiger partial charge on any atom is 0.243 e. The summed E-state index contributed by atoms with van der Waals surface area (Å²) in [5, 5.41) is 4.72. The molecule has 0 spiro atoms. The molecule has 0 amide bonds. The summed E-state index contributed by atoms with van der Waals surface area (Å²) in [6.07, 6.45) is 8.44. The fraction of sp³-hybridized carbons (Fsp3) is 0.414. The lowest BCUT2D eigenvalue weighted by Crippen LogP contribution is -2.46. The first-order valence-electron chi connectivity index (χ1n) is 13.3. The Balaban J connectivity index is 1.34. The van der Waals surface area contributed by atoms with Gasteiger partial charge in [0.05, 0.1) is 29.6 Å². The van der Waals surface area contributed by atoms with Crippen molar-refractivity contribution in [2.45, 2.75) is 36.5 Å². The second-order valence-electron chi connectivity index (χ2n) is 10.5. The Kier molecular flexibility index (Phi) is 6.84. The highest BCUT2D eigenvalue weighted by Crippen LogP contribution is 2.44. The van der Waals surface area contributed by atoms with E-state index in [1.165, 1.54) is 37.0 Å². The molecule has 200 valence electrons. The fourth-order valence-corrected chi connectivity index (χ4v) is 7.64. The minimum absolute atomic E-state index is 0.0806. The van der Waals surface area contributed by atoms with Crippen molar-refractivity contribution >= 4 is 16.1 Å². The molecule has 2 aliphatic heterocycles. The maximum absolute atomic E-state index is 13.6. The lowest BCUT2D eigenvalue weighted by molar-refractivity contribution is 0.186. The zero-order chi connectivity index (χ0) is 26.3. The Morgan fingerprint density at radius 2 is 1.74 bits per heavy atom. The third-order valence-corrected chi connectivity index (χ3v) is 10.1. The molecule has 38 heavy (non-hydrogen) atoms. The smallest absolute Gasteiger partial charge is 0.243 e. The average molecular weight is 537 g/mol. The summed E-state index contributed by atoms with van der Waals surface area (Å²) < 4.78 is 49.6. The van der Waals surface area contributed by atoms with Crippen LogP contribution in [-0.2, 0) is 10.0 Å². The number of hydrogen-bond donors (Lipinski definition) is 0. The quantitative estimate of drug-likeness (QED) is 0.457. The normalized spacial score (nSPS) is 22.4. The van der Waals surface area contributed by atoms with Gasteiger partial charge in [-0.25, -0.2) is 17.5 Å². The van der Waals surface area contributed by atoms with Crippen LogP contribution in [0.4, 0.5) is 4.39 Å². The van der Waals surface area contributed by atoms with E-state index in [2.05, 4.69) is 11.0 Å². The molecular weight excluding hydrogens is 503 g/mol. The van der Waals surface area contributed by atoms with E-state index >= 15 is 0 Å². The van der Waals surface area contributed by atoms with Crippen LogP contribution in [0.3, 0.4) is 0 Å². The highest BCUT2D eigenvalue weighted by molar-refractivity contribution is 7.89. The van der Waals surface area contributed by atoms with E-state index in [9.17, 15) is 12.8 Å². The Bertz CT molecular complexity index is 1430. The zero-order valence-electron chi connectivity index (χ0n) is 21.6. The number of sulfonamides is 1. The number of likely N-dealkylation sites (tertiary alicyclic amines) is 1. The number of ether oxygens (including phenoxy) is 1.